The Labute approximate surface area is 390 Å². The molecule has 0 saturated heterocycles. The molecule has 0 N–H and O–H groups in total. The van der Waals surface area contributed by atoms with Crippen molar-refractivity contribution in [3.63, 3.8) is 0 Å². The Morgan fingerprint density at radius 2 is 0.758 bits per heavy atom. The molecule has 1 amide bonds. The van der Waals surface area contributed by atoms with E-state index in [1.807, 2.05) is 24.3 Å². The molecule has 0 atom stereocenters. The number of hydrogen-bond acceptors (Lipinski definition) is 16. The van der Waals surface area contributed by atoms with Gasteiger partial charge in [-0.15, -0.1) is 0 Å². The third-order valence-electron chi connectivity index (χ3n) is 9.82. The van der Waals surface area contributed by atoms with E-state index in [9.17, 15) is 9.59 Å². The first kappa shape index (κ1) is 54.5. The van der Waals surface area contributed by atoms with Crippen LogP contribution in [0, 0.1) is 0 Å². The molecule has 0 spiro atoms. The minimum atomic E-state index is -0.369. The Morgan fingerprint density at radius 1 is 0.439 bits per heavy atom. The van der Waals surface area contributed by atoms with Crippen molar-refractivity contribution in [2.45, 2.75) is 5.92 Å². The van der Waals surface area contributed by atoms with Gasteiger partial charge in [-0.25, -0.2) is 4.79 Å². The Morgan fingerprint density at radius 3 is 1.11 bits per heavy atom. The molecular weight excluding hydrogens is 859 g/mol. The fourth-order valence-corrected chi connectivity index (χ4v) is 6.38. The molecule has 4 rings (SSSR count). The molecule has 3 aromatic carbocycles. The maximum Gasteiger partial charge on any atom is 0.409 e. The molecule has 0 saturated carbocycles. The Balaban J connectivity index is 0.764. The highest BCUT2D eigenvalue weighted by molar-refractivity contribution is 5.79. The van der Waals surface area contributed by atoms with Crippen LogP contribution in [-0.4, -0.2) is 203 Å². The van der Waals surface area contributed by atoms with Gasteiger partial charge >= 0.3 is 6.09 Å². The zero-order chi connectivity index (χ0) is 46.4. The molecule has 17 heteroatoms. The number of benzene rings is 3. The maximum atomic E-state index is 12.6. The molecule has 0 aliphatic heterocycles. The van der Waals surface area contributed by atoms with Crippen molar-refractivity contribution in [3.05, 3.63) is 89.5 Å². The predicted octanol–water partition coefficient (Wildman–Crippen LogP) is 4.96. The second-order valence-electron chi connectivity index (χ2n) is 14.6. The molecular formula is C49H71NO16. The van der Waals surface area contributed by atoms with E-state index in [1.165, 1.54) is 27.2 Å². The quantitative estimate of drug-likeness (QED) is 0.0552. The molecule has 0 heterocycles. The molecule has 0 aromatic heterocycles. The van der Waals surface area contributed by atoms with Crippen LogP contribution in [0.3, 0.4) is 0 Å². The number of amides is 1. The maximum absolute atomic E-state index is 12.6. The molecule has 17 nitrogen and oxygen atoms in total. The van der Waals surface area contributed by atoms with Gasteiger partial charge in [0.2, 0.25) is 0 Å². The van der Waals surface area contributed by atoms with Crippen molar-refractivity contribution in [1.29, 1.82) is 0 Å². The van der Waals surface area contributed by atoms with Crippen LogP contribution in [0.15, 0.2) is 72.8 Å². The SMILES string of the molecule is CN(CCOCCOCCOCCOCCOCCOCCOCCOCCOCCOCCOCCOCCOc1ccc(C=O)cc1)C(=O)OCC1c2ccccc2-c2ccccc21. The van der Waals surface area contributed by atoms with Crippen LogP contribution in [0.2, 0.25) is 0 Å². The third-order valence-corrected chi connectivity index (χ3v) is 9.82. The number of aldehydes is 1. The first-order valence-corrected chi connectivity index (χ1v) is 22.8. The third kappa shape index (κ3) is 24.1. The number of rotatable bonds is 43. The van der Waals surface area contributed by atoms with Crippen molar-refractivity contribution in [1.82, 2.24) is 4.90 Å². The van der Waals surface area contributed by atoms with E-state index >= 15 is 0 Å². The lowest BCUT2D eigenvalue weighted by Gasteiger charge is -2.19. The highest BCUT2D eigenvalue weighted by atomic mass is 16.6. The van der Waals surface area contributed by atoms with Gasteiger partial charge in [0.25, 0.3) is 0 Å². The largest absolute Gasteiger partial charge is 0.491 e. The first-order valence-electron chi connectivity index (χ1n) is 22.8. The van der Waals surface area contributed by atoms with Crippen LogP contribution in [0.25, 0.3) is 11.1 Å². The van der Waals surface area contributed by atoms with Crippen LogP contribution in [0.1, 0.15) is 27.4 Å². The summed E-state index contributed by atoms with van der Waals surface area (Å²) in [5.41, 5.74) is 5.40. The van der Waals surface area contributed by atoms with E-state index in [4.69, 9.17) is 66.3 Å². The highest BCUT2D eigenvalue weighted by Crippen LogP contribution is 2.44. The minimum Gasteiger partial charge on any atom is -0.491 e. The summed E-state index contributed by atoms with van der Waals surface area (Å²) < 4.78 is 77.5. The minimum absolute atomic E-state index is 0.0326. The molecule has 66 heavy (non-hydrogen) atoms. The van der Waals surface area contributed by atoms with Crippen molar-refractivity contribution in [3.8, 4) is 16.9 Å². The zero-order valence-electron chi connectivity index (χ0n) is 38.7. The average Bonchev–Trinajstić information content (AvgIpc) is 3.67. The lowest BCUT2D eigenvalue weighted by atomic mass is 9.98. The summed E-state index contributed by atoms with van der Waals surface area (Å²) in [6.07, 6.45) is 0.428. The second kappa shape index (κ2) is 37.0. The van der Waals surface area contributed by atoms with E-state index in [2.05, 4.69) is 24.3 Å². The summed E-state index contributed by atoms with van der Waals surface area (Å²) in [7, 11) is 1.71. The number of nitrogens with zero attached hydrogens (tertiary/aromatic N) is 1. The van der Waals surface area contributed by atoms with E-state index < -0.39 is 0 Å². The van der Waals surface area contributed by atoms with Crippen LogP contribution in [0.4, 0.5) is 4.79 Å². The summed E-state index contributed by atoms with van der Waals surface area (Å²) in [5, 5.41) is 0. The van der Waals surface area contributed by atoms with Gasteiger partial charge in [0.05, 0.1) is 159 Å². The summed E-state index contributed by atoms with van der Waals surface area (Å²) in [4.78, 5) is 24.8. The van der Waals surface area contributed by atoms with Gasteiger partial charge in [-0.1, -0.05) is 48.5 Å². The number of fused-ring (bicyclic) bond motifs is 3. The van der Waals surface area contributed by atoms with E-state index in [-0.39, 0.29) is 12.0 Å². The van der Waals surface area contributed by atoms with E-state index in [0.29, 0.717) is 190 Å². The standard InChI is InChI=1S/C49H71NO16/c1-50(49(52)66-41-48-46-8-4-2-6-44(46)45-7-3-5-9-47(45)48)14-15-53-16-17-54-18-19-55-20-21-56-22-23-57-24-25-58-26-27-59-28-29-60-30-31-61-32-33-62-34-35-63-36-37-64-38-39-65-43-12-10-42(40-51)11-13-43/h2-13,40,48H,14-39,41H2,1H3. The Kier molecular flexibility index (Phi) is 30.5. The molecule has 0 unspecified atom stereocenters. The summed E-state index contributed by atoms with van der Waals surface area (Å²) >= 11 is 0. The number of carbonyl (C=O) groups is 2. The number of hydrogen-bond donors (Lipinski definition) is 0. The van der Waals surface area contributed by atoms with Crippen molar-refractivity contribution < 1.29 is 75.9 Å². The fraction of sp³-hybridized carbons (Fsp3) is 0.592. The molecule has 0 fully saturated rings. The zero-order valence-corrected chi connectivity index (χ0v) is 38.7. The smallest absolute Gasteiger partial charge is 0.409 e. The fourth-order valence-electron chi connectivity index (χ4n) is 6.38. The van der Waals surface area contributed by atoms with Crippen molar-refractivity contribution in [2.75, 3.05) is 185 Å². The van der Waals surface area contributed by atoms with Crippen molar-refractivity contribution in [2.24, 2.45) is 0 Å². The monoisotopic (exact) mass is 929 g/mol. The normalized spacial score (nSPS) is 12.0. The lowest BCUT2D eigenvalue weighted by Crippen LogP contribution is -2.32. The van der Waals surface area contributed by atoms with E-state index in [0.717, 1.165) is 6.29 Å². The van der Waals surface area contributed by atoms with Crippen LogP contribution < -0.4 is 4.74 Å². The predicted molar refractivity (Wildman–Crippen MR) is 245 cm³/mol. The Bertz CT molecular complexity index is 1620. The summed E-state index contributed by atoms with van der Waals surface area (Å²) in [5.74, 6) is 0.731. The molecule has 368 valence electrons. The van der Waals surface area contributed by atoms with Crippen LogP contribution in [0.5, 0.6) is 5.75 Å². The van der Waals surface area contributed by atoms with Gasteiger partial charge in [0.1, 0.15) is 25.2 Å². The Hall–Kier alpha value is -4.08. The lowest BCUT2D eigenvalue weighted by molar-refractivity contribution is -0.0286. The second-order valence-corrected chi connectivity index (χ2v) is 14.6. The van der Waals surface area contributed by atoms with Gasteiger partial charge < -0.3 is 71.2 Å². The van der Waals surface area contributed by atoms with Gasteiger partial charge in [-0.05, 0) is 46.5 Å². The van der Waals surface area contributed by atoms with Gasteiger partial charge in [-0.2, -0.15) is 0 Å². The number of likely N-dealkylation sites (N-methyl/N-ethyl adjacent to an activating group) is 1. The molecule has 1 aliphatic carbocycles. The van der Waals surface area contributed by atoms with Crippen LogP contribution in [-0.2, 0) is 61.6 Å². The van der Waals surface area contributed by atoms with Crippen molar-refractivity contribution >= 4 is 12.4 Å². The van der Waals surface area contributed by atoms with Gasteiger partial charge in [-0.3, -0.25) is 4.79 Å². The van der Waals surface area contributed by atoms with E-state index in [1.54, 1.807) is 31.3 Å². The molecule has 0 bridgehead atoms. The average molecular weight is 930 g/mol. The highest BCUT2D eigenvalue weighted by Gasteiger charge is 2.29. The van der Waals surface area contributed by atoms with Crippen LogP contribution >= 0.6 is 0 Å². The molecule has 0 radical (unpaired) electrons. The topological polar surface area (TPSA) is 167 Å². The first-order chi connectivity index (χ1) is 32.7. The summed E-state index contributed by atoms with van der Waals surface area (Å²) in [6.45, 7) is 12.4. The number of ether oxygens (including phenoxy) is 14. The van der Waals surface area contributed by atoms with Gasteiger partial charge in [0, 0.05) is 25.1 Å². The number of carbonyl (C=O) groups excluding carboxylic acids is 2. The summed E-state index contributed by atoms with van der Waals surface area (Å²) in [6, 6.07) is 23.5. The molecule has 3 aromatic rings. The molecule has 1 aliphatic rings. The van der Waals surface area contributed by atoms with Gasteiger partial charge in [0.15, 0.2) is 0 Å².